The number of nitrogens with two attached hydrogens (primary N) is 1. The molecule has 0 radical (unpaired) electrons. The minimum absolute atomic E-state index is 0.511. The van der Waals surface area contributed by atoms with Crippen LogP contribution in [0.4, 0.5) is 5.69 Å². The monoisotopic (exact) mass is 278 g/mol. The van der Waals surface area contributed by atoms with E-state index in [9.17, 15) is 0 Å². The third kappa shape index (κ3) is 1.79. The van der Waals surface area contributed by atoms with Crippen molar-refractivity contribution in [3.8, 4) is 11.4 Å². The molecule has 18 heavy (non-hydrogen) atoms. The predicted molar refractivity (Wildman–Crippen MR) is 72.9 cm³/mol. The molecule has 0 amide bonds. The van der Waals surface area contributed by atoms with Crippen LogP contribution in [0.3, 0.4) is 0 Å². The standard InChI is InChI=1S/C12H8Cl2N4/c13-7-3-4-8(9(14)6-7)11-16-12-10(15)2-1-5-18(12)17-11/h1-6H,15H2. The molecular weight excluding hydrogens is 271 g/mol. The van der Waals surface area contributed by atoms with Crippen molar-refractivity contribution in [2.45, 2.75) is 0 Å². The van der Waals surface area contributed by atoms with Gasteiger partial charge in [-0.15, -0.1) is 5.10 Å². The quantitative estimate of drug-likeness (QED) is 0.743. The van der Waals surface area contributed by atoms with Gasteiger partial charge in [-0.25, -0.2) is 9.50 Å². The van der Waals surface area contributed by atoms with E-state index in [-0.39, 0.29) is 0 Å². The van der Waals surface area contributed by atoms with Gasteiger partial charge in [-0.2, -0.15) is 0 Å². The maximum atomic E-state index is 6.13. The van der Waals surface area contributed by atoms with E-state index in [1.165, 1.54) is 0 Å². The first kappa shape index (κ1) is 11.3. The summed E-state index contributed by atoms with van der Waals surface area (Å²) in [4.78, 5) is 4.37. The van der Waals surface area contributed by atoms with Gasteiger partial charge in [-0.1, -0.05) is 23.2 Å². The zero-order chi connectivity index (χ0) is 12.7. The van der Waals surface area contributed by atoms with Crippen molar-refractivity contribution in [3.05, 3.63) is 46.6 Å². The molecule has 0 saturated carbocycles. The summed E-state index contributed by atoms with van der Waals surface area (Å²) in [6.07, 6.45) is 1.78. The third-order valence-corrected chi connectivity index (χ3v) is 3.11. The van der Waals surface area contributed by atoms with Gasteiger partial charge in [0, 0.05) is 16.8 Å². The van der Waals surface area contributed by atoms with Gasteiger partial charge in [-0.3, -0.25) is 0 Å². The first-order valence-electron chi connectivity index (χ1n) is 5.21. The smallest absolute Gasteiger partial charge is 0.183 e. The topological polar surface area (TPSA) is 56.2 Å². The Hall–Kier alpha value is -1.78. The maximum absolute atomic E-state index is 6.13. The van der Waals surface area contributed by atoms with Crippen molar-refractivity contribution in [3.63, 3.8) is 0 Å². The lowest BCUT2D eigenvalue weighted by Gasteiger charge is -1.98. The van der Waals surface area contributed by atoms with Crippen molar-refractivity contribution in [2.24, 2.45) is 0 Å². The average molecular weight is 279 g/mol. The normalized spacial score (nSPS) is 11.0. The molecule has 0 unspecified atom stereocenters. The highest BCUT2D eigenvalue weighted by Gasteiger charge is 2.11. The molecule has 1 aromatic carbocycles. The second kappa shape index (κ2) is 4.15. The Morgan fingerprint density at radius 2 is 2.00 bits per heavy atom. The first-order chi connectivity index (χ1) is 8.65. The lowest BCUT2D eigenvalue weighted by molar-refractivity contribution is 0.967. The number of hydrogen-bond donors (Lipinski definition) is 1. The predicted octanol–water partition coefficient (Wildman–Crippen LogP) is 3.29. The molecule has 0 aliphatic rings. The van der Waals surface area contributed by atoms with Crippen molar-refractivity contribution in [2.75, 3.05) is 5.73 Å². The van der Waals surface area contributed by atoms with Crippen LogP contribution in [0.15, 0.2) is 36.5 Å². The van der Waals surface area contributed by atoms with Gasteiger partial charge in [0.15, 0.2) is 11.5 Å². The molecule has 4 nitrogen and oxygen atoms in total. The van der Waals surface area contributed by atoms with Crippen LogP contribution in [0.5, 0.6) is 0 Å². The number of halogens is 2. The van der Waals surface area contributed by atoms with E-state index in [0.717, 1.165) is 5.56 Å². The molecule has 0 spiro atoms. The Bertz CT molecular complexity index is 736. The second-order valence-corrected chi connectivity index (χ2v) is 4.63. The summed E-state index contributed by atoms with van der Waals surface area (Å²) >= 11 is 12.0. The van der Waals surface area contributed by atoms with Crippen LogP contribution in [0.1, 0.15) is 0 Å². The van der Waals surface area contributed by atoms with Crippen LogP contribution in [0.25, 0.3) is 17.0 Å². The molecule has 0 aliphatic carbocycles. The molecule has 0 saturated heterocycles. The molecule has 2 aromatic heterocycles. The van der Waals surface area contributed by atoms with E-state index in [1.54, 1.807) is 35.0 Å². The number of nitrogen functional groups attached to an aromatic ring is 1. The van der Waals surface area contributed by atoms with Crippen LogP contribution < -0.4 is 5.73 Å². The summed E-state index contributed by atoms with van der Waals surface area (Å²) in [5.74, 6) is 0.523. The van der Waals surface area contributed by atoms with Crippen LogP contribution in [-0.2, 0) is 0 Å². The minimum atomic E-state index is 0.511. The highest BCUT2D eigenvalue weighted by molar-refractivity contribution is 6.36. The first-order valence-corrected chi connectivity index (χ1v) is 5.97. The van der Waals surface area contributed by atoms with E-state index in [4.69, 9.17) is 28.9 Å². The Morgan fingerprint density at radius 1 is 1.17 bits per heavy atom. The minimum Gasteiger partial charge on any atom is -0.396 e. The van der Waals surface area contributed by atoms with Crippen LogP contribution in [0, 0.1) is 0 Å². The summed E-state index contributed by atoms with van der Waals surface area (Å²) in [5.41, 5.74) is 7.74. The Kier molecular flexibility index (Phi) is 2.61. The molecule has 0 bridgehead atoms. The Balaban J connectivity index is 2.23. The fourth-order valence-corrected chi connectivity index (χ4v) is 2.20. The zero-order valence-corrected chi connectivity index (χ0v) is 10.7. The molecule has 0 aliphatic heterocycles. The fraction of sp³-hybridized carbons (Fsp3) is 0. The molecule has 6 heteroatoms. The summed E-state index contributed by atoms with van der Waals surface area (Å²) in [5, 5.41) is 5.42. The number of anilines is 1. The molecule has 2 N–H and O–H groups in total. The highest BCUT2D eigenvalue weighted by atomic mass is 35.5. The highest BCUT2D eigenvalue weighted by Crippen LogP contribution is 2.28. The van der Waals surface area contributed by atoms with Gasteiger partial charge in [-0.05, 0) is 30.3 Å². The lowest BCUT2D eigenvalue weighted by atomic mass is 10.2. The van der Waals surface area contributed by atoms with Gasteiger partial charge in [0.1, 0.15) is 0 Å². The largest absolute Gasteiger partial charge is 0.396 e. The molecule has 0 fully saturated rings. The number of rotatable bonds is 1. The van der Waals surface area contributed by atoms with Crippen LogP contribution in [-0.4, -0.2) is 14.6 Å². The lowest BCUT2D eigenvalue weighted by Crippen LogP contribution is -1.92. The van der Waals surface area contributed by atoms with E-state index in [2.05, 4.69) is 10.1 Å². The molecule has 90 valence electrons. The van der Waals surface area contributed by atoms with E-state index < -0.39 is 0 Å². The van der Waals surface area contributed by atoms with Gasteiger partial charge < -0.3 is 5.73 Å². The fourth-order valence-electron chi connectivity index (χ4n) is 1.71. The van der Waals surface area contributed by atoms with Crippen molar-refractivity contribution >= 4 is 34.5 Å². The van der Waals surface area contributed by atoms with Gasteiger partial charge in [0.05, 0.1) is 10.7 Å². The van der Waals surface area contributed by atoms with E-state index in [1.807, 2.05) is 6.07 Å². The van der Waals surface area contributed by atoms with Crippen LogP contribution in [0.2, 0.25) is 10.0 Å². The molecule has 2 heterocycles. The SMILES string of the molecule is Nc1cccn2nc(-c3ccc(Cl)cc3Cl)nc12. The number of nitrogens with zero attached hydrogens (tertiary/aromatic N) is 3. The summed E-state index contributed by atoms with van der Waals surface area (Å²) < 4.78 is 1.62. The molecular formula is C12H8Cl2N4. The van der Waals surface area contributed by atoms with Crippen molar-refractivity contribution < 1.29 is 0 Å². The number of aromatic nitrogens is 3. The van der Waals surface area contributed by atoms with Crippen molar-refractivity contribution in [1.82, 2.24) is 14.6 Å². The third-order valence-electron chi connectivity index (χ3n) is 2.56. The van der Waals surface area contributed by atoms with Gasteiger partial charge in [0.25, 0.3) is 0 Å². The number of fused-ring (bicyclic) bond motifs is 1. The Labute approximate surface area is 113 Å². The van der Waals surface area contributed by atoms with E-state index in [0.29, 0.717) is 27.2 Å². The summed E-state index contributed by atoms with van der Waals surface area (Å²) in [6, 6.07) is 8.78. The van der Waals surface area contributed by atoms with Crippen molar-refractivity contribution in [1.29, 1.82) is 0 Å². The zero-order valence-electron chi connectivity index (χ0n) is 9.14. The number of benzene rings is 1. The average Bonchev–Trinajstić information content (AvgIpc) is 2.74. The van der Waals surface area contributed by atoms with Crippen LogP contribution >= 0.6 is 23.2 Å². The number of hydrogen-bond acceptors (Lipinski definition) is 3. The molecule has 0 atom stereocenters. The summed E-state index contributed by atoms with van der Waals surface area (Å²) in [6.45, 7) is 0. The van der Waals surface area contributed by atoms with E-state index >= 15 is 0 Å². The molecule has 3 aromatic rings. The number of pyridine rings is 1. The van der Waals surface area contributed by atoms with Gasteiger partial charge in [0.2, 0.25) is 0 Å². The maximum Gasteiger partial charge on any atom is 0.183 e. The molecule has 3 rings (SSSR count). The second-order valence-electron chi connectivity index (χ2n) is 3.79. The van der Waals surface area contributed by atoms with Gasteiger partial charge >= 0.3 is 0 Å². The summed E-state index contributed by atoms with van der Waals surface area (Å²) in [7, 11) is 0. The Morgan fingerprint density at radius 3 is 2.72 bits per heavy atom.